The Labute approximate surface area is 97.9 Å². The SMILES string of the molecule is Brc1cncc(C2C[C@H]3C=C[C@@H](C2)N3)c1. The molecule has 1 aromatic heterocycles. The first-order valence-electron chi connectivity index (χ1n) is 5.36. The fourth-order valence-electron chi connectivity index (χ4n) is 2.58. The number of hydrogen-bond donors (Lipinski definition) is 1. The van der Waals surface area contributed by atoms with Gasteiger partial charge in [-0.15, -0.1) is 0 Å². The van der Waals surface area contributed by atoms with Crippen LogP contribution in [0.4, 0.5) is 0 Å². The average molecular weight is 265 g/mol. The largest absolute Gasteiger partial charge is 0.304 e. The standard InChI is InChI=1S/C12H13BrN2/c13-10-3-9(6-14-7-10)8-4-11-1-2-12(5-8)15-11/h1-3,6-8,11-12,15H,4-5H2/t8?,11-,12+. The van der Waals surface area contributed by atoms with Crippen LogP contribution in [0.1, 0.15) is 24.3 Å². The van der Waals surface area contributed by atoms with Crippen molar-refractivity contribution < 1.29 is 0 Å². The molecule has 3 atom stereocenters. The molecule has 1 aromatic rings. The summed E-state index contributed by atoms with van der Waals surface area (Å²) in [6.45, 7) is 0. The van der Waals surface area contributed by atoms with E-state index in [2.05, 4.69) is 44.4 Å². The molecule has 0 amide bonds. The van der Waals surface area contributed by atoms with Crippen molar-refractivity contribution in [2.24, 2.45) is 0 Å². The van der Waals surface area contributed by atoms with Crippen molar-refractivity contribution in [2.45, 2.75) is 30.8 Å². The van der Waals surface area contributed by atoms with Crippen molar-refractivity contribution in [1.29, 1.82) is 0 Å². The predicted octanol–water partition coefficient (Wildman–Crippen LogP) is 2.62. The van der Waals surface area contributed by atoms with Gasteiger partial charge in [-0.3, -0.25) is 4.98 Å². The number of fused-ring (bicyclic) bond motifs is 2. The van der Waals surface area contributed by atoms with Crippen molar-refractivity contribution in [3.05, 3.63) is 40.6 Å². The zero-order chi connectivity index (χ0) is 10.3. The van der Waals surface area contributed by atoms with E-state index >= 15 is 0 Å². The van der Waals surface area contributed by atoms with Gasteiger partial charge in [0, 0.05) is 29.0 Å². The van der Waals surface area contributed by atoms with Crippen molar-refractivity contribution in [3.63, 3.8) is 0 Å². The lowest BCUT2D eigenvalue weighted by atomic mass is 9.87. The fraction of sp³-hybridized carbons (Fsp3) is 0.417. The molecule has 0 spiro atoms. The Hall–Kier alpha value is -0.670. The Morgan fingerprint density at radius 1 is 1.20 bits per heavy atom. The second-order valence-corrected chi connectivity index (χ2v) is 5.29. The summed E-state index contributed by atoms with van der Waals surface area (Å²) < 4.78 is 1.08. The number of piperidine rings is 1. The Bertz CT molecular complexity index is 388. The van der Waals surface area contributed by atoms with Gasteiger partial charge >= 0.3 is 0 Å². The van der Waals surface area contributed by atoms with Gasteiger partial charge in [0.15, 0.2) is 0 Å². The van der Waals surface area contributed by atoms with Gasteiger partial charge in [-0.1, -0.05) is 12.2 Å². The summed E-state index contributed by atoms with van der Waals surface area (Å²) in [4.78, 5) is 4.24. The Balaban J connectivity index is 1.84. The third-order valence-electron chi connectivity index (χ3n) is 3.28. The highest BCUT2D eigenvalue weighted by Gasteiger charge is 2.30. The van der Waals surface area contributed by atoms with Crippen LogP contribution in [0.5, 0.6) is 0 Å². The number of rotatable bonds is 1. The van der Waals surface area contributed by atoms with Crippen molar-refractivity contribution >= 4 is 15.9 Å². The number of pyridine rings is 1. The smallest absolute Gasteiger partial charge is 0.0410 e. The van der Waals surface area contributed by atoms with E-state index in [-0.39, 0.29) is 0 Å². The zero-order valence-electron chi connectivity index (χ0n) is 8.36. The van der Waals surface area contributed by atoms with Gasteiger partial charge in [-0.2, -0.15) is 0 Å². The monoisotopic (exact) mass is 264 g/mol. The van der Waals surface area contributed by atoms with E-state index in [1.165, 1.54) is 18.4 Å². The molecule has 1 unspecified atom stereocenters. The molecule has 0 aliphatic carbocycles. The first-order chi connectivity index (χ1) is 7.31. The van der Waals surface area contributed by atoms with E-state index in [9.17, 15) is 0 Å². The summed E-state index contributed by atoms with van der Waals surface area (Å²) >= 11 is 3.48. The van der Waals surface area contributed by atoms with Gasteiger partial charge in [-0.05, 0) is 46.3 Å². The first-order valence-corrected chi connectivity index (χ1v) is 6.15. The topological polar surface area (TPSA) is 24.9 Å². The number of nitrogens with zero attached hydrogens (tertiary/aromatic N) is 1. The number of aromatic nitrogens is 1. The number of halogens is 1. The van der Waals surface area contributed by atoms with Crippen LogP contribution in [-0.4, -0.2) is 17.1 Å². The highest BCUT2D eigenvalue weighted by atomic mass is 79.9. The lowest BCUT2D eigenvalue weighted by molar-refractivity contribution is 0.381. The van der Waals surface area contributed by atoms with E-state index < -0.39 is 0 Å². The third-order valence-corrected chi connectivity index (χ3v) is 3.71. The molecule has 2 nitrogen and oxygen atoms in total. The highest BCUT2D eigenvalue weighted by Crippen LogP contribution is 2.34. The molecule has 2 bridgehead atoms. The maximum Gasteiger partial charge on any atom is 0.0410 e. The van der Waals surface area contributed by atoms with Gasteiger partial charge in [0.25, 0.3) is 0 Å². The summed E-state index contributed by atoms with van der Waals surface area (Å²) in [6.07, 6.45) is 10.8. The fourth-order valence-corrected chi connectivity index (χ4v) is 2.96. The van der Waals surface area contributed by atoms with Crippen molar-refractivity contribution in [2.75, 3.05) is 0 Å². The summed E-state index contributed by atoms with van der Waals surface area (Å²) in [5.41, 5.74) is 1.37. The highest BCUT2D eigenvalue weighted by molar-refractivity contribution is 9.10. The van der Waals surface area contributed by atoms with Gasteiger partial charge in [-0.25, -0.2) is 0 Å². The minimum absolute atomic E-state index is 0.577. The van der Waals surface area contributed by atoms with Crippen molar-refractivity contribution in [1.82, 2.24) is 10.3 Å². The molecule has 1 saturated heterocycles. The molecular weight excluding hydrogens is 252 g/mol. The Morgan fingerprint density at radius 2 is 1.93 bits per heavy atom. The van der Waals surface area contributed by atoms with Gasteiger partial charge in [0.05, 0.1) is 0 Å². The molecule has 0 saturated carbocycles. The van der Waals surface area contributed by atoms with E-state index in [1.807, 2.05) is 12.4 Å². The molecular formula is C12H13BrN2. The number of hydrogen-bond acceptors (Lipinski definition) is 2. The first kappa shape index (κ1) is 9.55. The second kappa shape index (κ2) is 3.72. The van der Waals surface area contributed by atoms with Crippen LogP contribution in [0, 0.1) is 0 Å². The molecule has 2 aliphatic rings. The molecule has 1 N–H and O–H groups in total. The minimum Gasteiger partial charge on any atom is -0.304 e. The summed E-state index contributed by atoms with van der Waals surface area (Å²) in [5, 5.41) is 3.56. The molecule has 2 aliphatic heterocycles. The molecule has 3 rings (SSSR count). The van der Waals surface area contributed by atoms with Crippen LogP contribution < -0.4 is 5.32 Å². The van der Waals surface area contributed by atoms with E-state index in [0.717, 1.165) is 4.47 Å². The van der Waals surface area contributed by atoms with E-state index in [0.29, 0.717) is 18.0 Å². The molecule has 3 heterocycles. The van der Waals surface area contributed by atoms with Crippen LogP contribution in [0.3, 0.4) is 0 Å². The van der Waals surface area contributed by atoms with Crippen LogP contribution in [-0.2, 0) is 0 Å². The van der Waals surface area contributed by atoms with Crippen LogP contribution >= 0.6 is 15.9 Å². The normalized spacial score (nSPS) is 33.3. The van der Waals surface area contributed by atoms with Crippen LogP contribution in [0.25, 0.3) is 0 Å². The quantitative estimate of drug-likeness (QED) is 0.789. The molecule has 0 aromatic carbocycles. The summed E-state index contributed by atoms with van der Waals surface area (Å²) in [6, 6.07) is 3.35. The van der Waals surface area contributed by atoms with Gasteiger partial charge in [0.1, 0.15) is 0 Å². The third kappa shape index (κ3) is 1.86. The summed E-state index contributed by atoms with van der Waals surface area (Å²) in [5.74, 6) is 0.654. The average Bonchev–Trinajstić information content (AvgIpc) is 2.58. The lowest BCUT2D eigenvalue weighted by Gasteiger charge is -2.29. The van der Waals surface area contributed by atoms with Crippen LogP contribution in [0.15, 0.2) is 35.1 Å². The van der Waals surface area contributed by atoms with Gasteiger partial charge in [0.2, 0.25) is 0 Å². The van der Waals surface area contributed by atoms with Crippen LogP contribution in [0.2, 0.25) is 0 Å². The molecule has 0 radical (unpaired) electrons. The van der Waals surface area contributed by atoms with Crippen molar-refractivity contribution in [3.8, 4) is 0 Å². The van der Waals surface area contributed by atoms with E-state index in [1.54, 1.807) is 0 Å². The van der Waals surface area contributed by atoms with Gasteiger partial charge < -0.3 is 5.32 Å². The maximum atomic E-state index is 4.24. The molecule has 3 heteroatoms. The zero-order valence-corrected chi connectivity index (χ0v) is 9.94. The molecule has 78 valence electrons. The minimum atomic E-state index is 0.577. The maximum absolute atomic E-state index is 4.24. The predicted molar refractivity (Wildman–Crippen MR) is 63.8 cm³/mol. The Morgan fingerprint density at radius 3 is 2.60 bits per heavy atom. The second-order valence-electron chi connectivity index (χ2n) is 4.37. The molecule has 1 fully saturated rings. The number of nitrogens with one attached hydrogen (secondary N) is 1. The lowest BCUT2D eigenvalue weighted by Crippen LogP contribution is -2.38. The summed E-state index contributed by atoms with van der Waals surface area (Å²) in [7, 11) is 0. The molecule has 15 heavy (non-hydrogen) atoms. The Kier molecular flexibility index (Phi) is 2.37. The van der Waals surface area contributed by atoms with E-state index in [4.69, 9.17) is 0 Å².